The van der Waals surface area contributed by atoms with E-state index in [9.17, 15) is 0 Å². The maximum atomic E-state index is 5.50. The first-order chi connectivity index (χ1) is 8.66. The molecule has 1 aromatic carbocycles. The molecule has 1 aromatic rings. The molecule has 98 valence electrons. The summed E-state index contributed by atoms with van der Waals surface area (Å²) >= 11 is 5.50. The van der Waals surface area contributed by atoms with Gasteiger partial charge in [-0.25, -0.2) is 0 Å². The molecule has 0 spiro atoms. The molecule has 0 bridgehead atoms. The summed E-state index contributed by atoms with van der Waals surface area (Å²) in [6.45, 7) is 6.66. The van der Waals surface area contributed by atoms with Crippen molar-refractivity contribution in [2.24, 2.45) is 5.92 Å². The summed E-state index contributed by atoms with van der Waals surface area (Å²) in [5, 5.41) is 4.34. The van der Waals surface area contributed by atoms with E-state index in [0.29, 0.717) is 0 Å². The van der Waals surface area contributed by atoms with E-state index in [2.05, 4.69) is 48.3 Å². The molecule has 18 heavy (non-hydrogen) atoms. The van der Waals surface area contributed by atoms with Crippen molar-refractivity contribution in [3.8, 4) is 0 Å². The highest BCUT2D eigenvalue weighted by Gasteiger charge is 2.18. The number of benzene rings is 1. The largest absolute Gasteiger partial charge is 0.356 e. The van der Waals surface area contributed by atoms with E-state index in [1.807, 2.05) is 6.07 Å². The first kappa shape index (κ1) is 13.3. The molecule has 1 aliphatic heterocycles. The maximum Gasteiger partial charge on any atom is 0.169 e. The molecular weight excluding hydrogens is 240 g/mol. The zero-order valence-electron chi connectivity index (χ0n) is 11.2. The molecule has 1 N–H and O–H groups in total. The van der Waals surface area contributed by atoms with Gasteiger partial charge in [0.05, 0.1) is 6.04 Å². The average Bonchev–Trinajstić information content (AvgIpc) is 2.40. The Morgan fingerprint density at radius 3 is 2.50 bits per heavy atom. The molecule has 0 aromatic heterocycles. The Bertz CT molecular complexity index is 383. The molecule has 1 fully saturated rings. The Balaban J connectivity index is 1.87. The molecule has 2 nitrogen and oxygen atoms in total. The van der Waals surface area contributed by atoms with Gasteiger partial charge in [0.25, 0.3) is 0 Å². The fraction of sp³-hybridized carbons (Fsp3) is 0.533. The minimum atomic E-state index is 0.276. The van der Waals surface area contributed by atoms with Crippen LogP contribution < -0.4 is 5.32 Å². The SMILES string of the molecule is CC1CCN(C(=S)NC(C)c2ccccc2)CC1. The molecule has 1 heterocycles. The second-order valence-corrected chi connectivity index (χ2v) is 5.64. The van der Waals surface area contributed by atoms with E-state index >= 15 is 0 Å². The van der Waals surface area contributed by atoms with Gasteiger partial charge in [0, 0.05) is 13.1 Å². The van der Waals surface area contributed by atoms with Crippen LogP contribution in [-0.4, -0.2) is 23.1 Å². The summed E-state index contributed by atoms with van der Waals surface area (Å²) in [6, 6.07) is 10.7. The van der Waals surface area contributed by atoms with E-state index in [-0.39, 0.29) is 6.04 Å². The van der Waals surface area contributed by atoms with Crippen molar-refractivity contribution in [1.29, 1.82) is 0 Å². The van der Waals surface area contributed by atoms with Gasteiger partial charge in [-0.05, 0) is 43.5 Å². The van der Waals surface area contributed by atoms with Crippen molar-refractivity contribution in [3.63, 3.8) is 0 Å². The van der Waals surface area contributed by atoms with Crippen molar-refractivity contribution < 1.29 is 0 Å². The van der Waals surface area contributed by atoms with Gasteiger partial charge in [0.15, 0.2) is 5.11 Å². The normalized spacial score (nSPS) is 18.4. The van der Waals surface area contributed by atoms with Crippen molar-refractivity contribution in [2.75, 3.05) is 13.1 Å². The molecule has 2 rings (SSSR count). The van der Waals surface area contributed by atoms with Crippen LogP contribution in [0.25, 0.3) is 0 Å². The third-order valence-electron chi connectivity index (χ3n) is 3.71. The van der Waals surface area contributed by atoms with Gasteiger partial charge >= 0.3 is 0 Å². The Labute approximate surface area is 115 Å². The lowest BCUT2D eigenvalue weighted by atomic mass is 10.00. The van der Waals surface area contributed by atoms with E-state index in [1.165, 1.54) is 18.4 Å². The lowest BCUT2D eigenvalue weighted by Crippen LogP contribution is -2.44. The van der Waals surface area contributed by atoms with Crippen molar-refractivity contribution in [3.05, 3.63) is 35.9 Å². The van der Waals surface area contributed by atoms with Crippen molar-refractivity contribution in [1.82, 2.24) is 10.2 Å². The zero-order valence-corrected chi connectivity index (χ0v) is 12.0. The molecular formula is C15H22N2S. The van der Waals surface area contributed by atoms with Gasteiger partial charge in [0.2, 0.25) is 0 Å². The summed E-state index contributed by atoms with van der Waals surface area (Å²) in [4.78, 5) is 2.30. The molecule has 3 heteroatoms. The summed E-state index contributed by atoms with van der Waals surface area (Å²) in [5.74, 6) is 0.843. The van der Waals surface area contributed by atoms with Crippen molar-refractivity contribution in [2.45, 2.75) is 32.7 Å². The van der Waals surface area contributed by atoms with Crippen LogP contribution in [0.5, 0.6) is 0 Å². The minimum Gasteiger partial charge on any atom is -0.356 e. The summed E-state index contributed by atoms with van der Waals surface area (Å²) in [7, 11) is 0. The quantitative estimate of drug-likeness (QED) is 0.823. The van der Waals surface area contributed by atoms with Gasteiger partial charge in [-0.15, -0.1) is 0 Å². The maximum absolute atomic E-state index is 5.50. The van der Waals surface area contributed by atoms with Crippen LogP contribution in [0, 0.1) is 5.92 Å². The molecule has 1 saturated heterocycles. The Morgan fingerprint density at radius 2 is 1.89 bits per heavy atom. The van der Waals surface area contributed by atoms with Gasteiger partial charge in [-0.3, -0.25) is 0 Å². The topological polar surface area (TPSA) is 15.3 Å². The molecule has 1 unspecified atom stereocenters. The predicted molar refractivity (Wildman–Crippen MR) is 80.6 cm³/mol. The van der Waals surface area contributed by atoms with Crippen LogP contribution in [0.3, 0.4) is 0 Å². The summed E-state index contributed by atoms with van der Waals surface area (Å²) < 4.78 is 0. The van der Waals surface area contributed by atoms with Gasteiger partial charge in [-0.2, -0.15) is 0 Å². The number of hydrogen-bond acceptors (Lipinski definition) is 1. The molecule has 0 aliphatic carbocycles. The lowest BCUT2D eigenvalue weighted by Gasteiger charge is -2.33. The number of thiocarbonyl (C=S) groups is 1. The second kappa shape index (κ2) is 6.19. The van der Waals surface area contributed by atoms with Crippen LogP contribution in [0.4, 0.5) is 0 Å². The summed E-state index contributed by atoms with van der Waals surface area (Å²) in [6.07, 6.45) is 2.50. The Kier molecular flexibility index (Phi) is 4.59. The predicted octanol–water partition coefficient (Wildman–Crippen LogP) is 3.35. The highest BCUT2D eigenvalue weighted by molar-refractivity contribution is 7.80. The third-order valence-corrected chi connectivity index (χ3v) is 4.09. The number of rotatable bonds is 2. The number of piperidine rings is 1. The monoisotopic (exact) mass is 262 g/mol. The van der Waals surface area contributed by atoms with Crippen LogP contribution >= 0.6 is 12.2 Å². The lowest BCUT2D eigenvalue weighted by molar-refractivity contribution is 0.276. The first-order valence-corrected chi connectivity index (χ1v) is 7.18. The average molecular weight is 262 g/mol. The third kappa shape index (κ3) is 3.45. The standard InChI is InChI=1S/C15H22N2S/c1-12-8-10-17(11-9-12)15(18)16-13(2)14-6-4-3-5-7-14/h3-7,12-13H,8-11H2,1-2H3,(H,16,18). The molecule has 1 aliphatic rings. The van der Waals surface area contributed by atoms with E-state index < -0.39 is 0 Å². The van der Waals surface area contributed by atoms with Gasteiger partial charge < -0.3 is 10.2 Å². The van der Waals surface area contributed by atoms with Crippen molar-refractivity contribution >= 4 is 17.3 Å². The molecule has 0 amide bonds. The highest BCUT2D eigenvalue weighted by atomic mass is 32.1. The van der Waals surface area contributed by atoms with Gasteiger partial charge in [0.1, 0.15) is 0 Å². The van der Waals surface area contributed by atoms with Crippen LogP contribution in [0.15, 0.2) is 30.3 Å². The fourth-order valence-electron chi connectivity index (χ4n) is 2.31. The molecule has 0 saturated carbocycles. The summed E-state index contributed by atoms with van der Waals surface area (Å²) in [5.41, 5.74) is 1.28. The van der Waals surface area contributed by atoms with Crippen LogP contribution in [-0.2, 0) is 0 Å². The fourth-order valence-corrected chi connectivity index (χ4v) is 2.67. The number of hydrogen-bond donors (Lipinski definition) is 1. The number of nitrogens with zero attached hydrogens (tertiary/aromatic N) is 1. The first-order valence-electron chi connectivity index (χ1n) is 6.77. The minimum absolute atomic E-state index is 0.276. The number of likely N-dealkylation sites (tertiary alicyclic amines) is 1. The zero-order chi connectivity index (χ0) is 13.0. The smallest absolute Gasteiger partial charge is 0.169 e. The number of nitrogens with one attached hydrogen (secondary N) is 1. The molecule has 1 atom stereocenters. The van der Waals surface area contributed by atoms with Crippen LogP contribution in [0.1, 0.15) is 38.3 Å². The Morgan fingerprint density at radius 1 is 1.28 bits per heavy atom. The van der Waals surface area contributed by atoms with E-state index in [1.54, 1.807) is 0 Å². The Hall–Kier alpha value is -1.09. The highest BCUT2D eigenvalue weighted by Crippen LogP contribution is 2.17. The molecule has 0 radical (unpaired) electrons. The van der Waals surface area contributed by atoms with Crippen LogP contribution in [0.2, 0.25) is 0 Å². The second-order valence-electron chi connectivity index (χ2n) is 5.25. The van der Waals surface area contributed by atoms with E-state index in [4.69, 9.17) is 12.2 Å². The van der Waals surface area contributed by atoms with Gasteiger partial charge in [-0.1, -0.05) is 37.3 Å². The van der Waals surface area contributed by atoms with E-state index in [0.717, 1.165) is 24.1 Å².